The molecule has 2 aromatic heterocycles. The minimum atomic E-state index is 0.464. The summed E-state index contributed by atoms with van der Waals surface area (Å²) in [4.78, 5) is 14.5. The van der Waals surface area contributed by atoms with Crippen LogP contribution in [0.3, 0.4) is 0 Å². The summed E-state index contributed by atoms with van der Waals surface area (Å²) in [6, 6.07) is 11.3. The maximum Gasteiger partial charge on any atom is 0.141 e. The molecule has 0 spiro atoms. The first-order valence-electron chi connectivity index (χ1n) is 7.95. The molecule has 4 rings (SSSR count). The van der Waals surface area contributed by atoms with Crippen LogP contribution in [-0.4, -0.2) is 32.9 Å². The van der Waals surface area contributed by atoms with Crippen LogP contribution in [0.5, 0.6) is 0 Å². The average Bonchev–Trinajstić information content (AvgIpc) is 3.25. The molecule has 0 bridgehead atoms. The van der Waals surface area contributed by atoms with E-state index in [2.05, 4.69) is 51.0 Å². The first-order valence-corrected chi connectivity index (χ1v) is 7.95. The minimum Gasteiger partial charge on any atom is -0.346 e. The van der Waals surface area contributed by atoms with Crippen molar-refractivity contribution < 1.29 is 0 Å². The Hall–Kier alpha value is -2.20. The zero-order valence-corrected chi connectivity index (χ0v) is 12.8. The van der Waals surface area contributed by atoms with Crippen LogP contribution in [0.2, 0.25) is 0 Å². The van der Waals surface area contributed by atoms with Crippen LogP contribution in [0.4, 0.5) is 0 Å². The zero-order valence-electron chi connectivity index (χ0n) is 12.8. The molecule has 1 aliphatic heterocycles. The number of aromatic amines is 1. The maximum atomic E-state index is 4.50. The van der Waals surface area contributed by atoms with Crippen LogP contribution in [0, 0.1) is 0 Å². The van der Waals surface area contributed by atoms with Crippen LogP contribution in [0.25, 0.3) is 22.3 Å². The van der Waals surface area contributed by atoms with Crippen molar-refractivity contribution in [2.45, 2.75) is 25.8 Å². The molecule has 22 heavy (non-hydrogen) atoms. The van der Waals surface area contributed by atoms with Crippen LogP contribution in [-0.2, 0) is 0 Å². The molecule has 1 atom stereocenters. The second-order valence-corrected chi connectivity index (χ2v) is 6.01. The highest BCUT2D eigenvalue weighted by molar-refractivity contribution is 5.90. The second kappa shape index (κ2) is 5.54. The number of H-pyrrole nitrogens is 1. The van der Waals surface area contributed by atoms with Gasteiger partial charge in [0.25, 0.3) is 0 Å². The van der Waals surface area contributed by atoms with E-state index < -0.39 is 0 Å². The summed E-state index contributed by atoms with van der Waals surface area (Å²) in [6.45, 7) is 4.72. The lowest BCUT2D eigenvalue weighted by Crippen LogP contribution is -2.23. The Kier molecular flexibility index (Phi) is 3.39. The number of hydrogen-bond donors (Lipinski definition) is 1. The number of nitrogens with one attached hydrogen (secondary N) is 1. The van der Waals surface area contributed by atoms with Crippen molar-refractivity contribution in [1.82, 2.24) is 19.9 Å². The summed E-state index contributed by atoms with van der Waals surface area (Å²) in [6.07, 6.45) is 6.18. The van der Waals surface area contributed by atoms with E-state index >= 15 is 0 Å². The van der Waals surface area contributed by atoms with Gasteiger partial charge in [0, 0.05) is 23.2 Å². The van der Waals surface area contributed by atoms with E-state index in [0.717, 1.165) is 22.3 Å². The highest BCUT2D eigenvalue weighted by Crippen LogP contribution is 2.30. The van der Waals surface area contributed by atoms with Gasteiger partial charge in [0.1, 0.15) is 12.0 Å². The second-order valence-electron chi connectivity index (χ2n) is 6.01. The van der Waals surface area contributed by atoms with Gasteiger partial charge in [-0.1, -0.05) is 18.2 Å². The molecule has 3 heterocycles. The van der Waals surface area contributed by atoms with Gasteiger partial charge in [-0.2, -0.15) is 0 Å². The predicted octanol–water partition coefficient (Wildman–Crippen LogP) is 3.78. The molecule has 4 heteroatoms. The predicted molar refractivity (Wildman–Crippen MR) is 88.5 cm³/mol. The number of benzene rings is 1. The summed E-state index contributed by atoms with van der Waals surface area (Å²) in [5.74, 6) is 0. The van der Waals surface area contributed by atoms with Crippen molar-refractivity contribution in [3.63, 3.8) is 0 Å². The third-order valence-electron chi connectivity index (χ3n) is 4.68. The van der Waals surface area contributed by atoms with Gasteiger partial charge >= 0.3 is 0 Å². The average molecular weight is 292 g/mol. The quantitative estimate of drug-likeness (QED) is 0.799. The van der Waals surface area contributed by atoms with Crippen LogP contribution < -0.4 is 0 Å². The van der Waals surface area contributed by atoms with E-state index in [-0.39, 0.29) is 0 Å². The summed E-state index contributed by atoms with van der Waals surface area (Å²) in [5.41, 5.74) is 4.42. The molecular weight excluding hydrogens is 272 g/mol. The monoisotopic (exact) mass is 292 g/mol. The molecule has 3 aromatic rings. The highest BCUT2D eigenvalue weighted by atomic mass is 15.2. The Morgan fingerprint density at radius 1 is 1.14 bits per heavy atom. The fourth-order valence-corrected chi connectivity index (χ4v) is 3.39. The number of aromatic nitrogens is 3. The topological polar surface area (TPSA) is 44.8 Å². The van der Waals surface area contributed by atoms with Crippen LogP contribution in [0.1, 0.15) is 31.4 Å². The lowest BCUT2D eigenvalue weighted by molar-refractivity contribution is 0.263. The summed E-state index contributed by atoms with van der Waals surface area (Å²) < 4.78 is 0. The van der Waals surface area contributed by atoms with Crippen LogP contribution in [0.15, 0.2) is 42.9 Å². The first kappa shape index (κ1) is 13.5. The van der Waals surface area contributed by atoms with E-state index in [1.165, 1.54) is 31.5 Å². The molecule has 1 aromatic carbocycles. The van der Waals surface area contributed by atoms with Crippen molar-refractivity contribution in [3.05, 3.63) is 48.4 Å². The van der Waals surface area contributed by atoms with Gasteiger partial charge < -0.3 is 4.98 Å². The van der Waals surface area contributed by atoms with Crippen molar-refractivity contribution in [2.24, 2.45) is 0 Å². The lowest BCUT2D eigenvalue weighted by atomic mass is 10.0. The Balaban J connectivity index is 1.74. The minimum absolute atomic E-state index is 0.464. The first-order chi connectivity index (χ1) is 10.8. The van der Waals surface area contributed by atoms with Crippen LogP contribution >= 0.6 is 0 Å². The molecule has 1 saturated heterocycles. The number of nitrogens with zero attached hydrogens (tertiary/aromatic N) is 3. The van der Waals surface area contributed by atoms with Gasteiger partial charge in [0.2, 0.25) is 0 Å². The summed E-state index contributed by atoms with van der Waals surface area (Å²) in [7, 11) is 0. The van der Waals surface area contributed by atoms with E-state index in [9.17, 15) is 0 Å². The number of hydrogen-bond acceptors (Lipinski definition) is 3. The Bertz CT molecular complexity index is 786. The van der Waals surface area contributed by atoms with E-state index in [4.69, 9.17) is 0 Å². The maximum absolute atomic E-state index is 4.50. The lowest BCUT2D eigenvalue weighted by Gasteiger charge is -2.24. The molecule has 1 fully saturated rings. The number of rotatable bonds is 3. The molecule has 4 nitrogen and oxygen atoms in total. The molecule has 0 saturated carbocycles. The largest absolute Gasteiger partial charge is 0.346 e. The Labute approximate surface area is 130 Å². The molecule has 112 valence electrons. The number of fused-ring (bicyclic) bond motifs is 1. The Morgan fingerprint density at radius 2 is 2.00 bits per heavy atom. The molecule has 1 aliphatic rings. The molecule has 1 N–H and O–H groups in total. The zero-order chi connectivity index (χ0) is 14.9. The highest BCUT2D eigenvalue weighted by Gasteiger charge is 2.19. The van der Waals surface area contributed by atoms with E-state index in [1.54, 1.807) is 6.33 Å². The summed E-state index contributed by atoms with van der Waals surface area (Å²) >= 11 is 0. The third-order valence-corrected chi connectivity index (χ3v) is 4.68. The number of likely N-dealkylation sites (tertiary alicyclic amines) is 1. The molecule has 0 aliphatic carbocycles. The standard InChI is InChI=1S/C18H20N4/c1-13(22-9-2-3-10-22)14-5-4-6-15(11-14)17-16-7-8-19-18(16)21-12-20-17/h4-8,11-13H,2-3,9-10H2,1H3,(H,19,20,21). The molecule has 0 radical (unpaired) electrons. The third kappa shape index (κ3) is 2.29. The molecular formula is C18H20N4. The van der Waals surface area contributed by atoms with Crippen molar-refractivity contribution in [3.8, 4) is 11.3 Å². The van der Waals surface area contributed by atoms with Gasteiger partial charge in [-0.25, -0.2) is 9.97 Å². The van der Waals surface area contributed by atoms with Gasteiger partial charge in [-0.3, -0.25) is 4.90 Å². The van der Waals surface area contributed by atoms with Gasteiger partial charge in [-0.15, -0.1) is 0 Å². The SMILES string of the molecule is CC(c1cccc(-c2ncnc3[nH]ccc23)c1)N1CCCC1. The van der Waals surface area contributed by atoms with Crippen molar-refractivity contribution in [2.75, 3.05) is 13.1 Å². The van der Waals surface area contributed by atoms with E-state index in [1.807, 2.05) is 12.3 Å². The molecule has 0 amide bonds. The van der Waals surface area contributed by atoms with E-state index in [0.29, 0.717) is 6.04 Å². The summed E-state index contributed by atoms with van der Waals surface area (Å²) in [5, 5.41) is 1.08. The normalized spacial score (nSPS) is 17.1. The van der Waals surface area contributed by atoms with Gasteiger partial charge in [-0.05, 0) is 50.6 Å². The van der Waals surface area contributed by atoms with Gasteiger partial charge in [0.05, 0.1) is 5.69 Å². The van der Waals surface area contributed by atoms with Gasteiger partial charge in [0.15, 0.2) is 0 Å². The smallest absolute Gasteiger partial charge is 0.141 e. The van der Waals surface area contributed by atoms with Crippen molar-refractivity contribution >= 4 is 11.0 Å². The van der Waals surface area contributed by atoms with Crippen molar-refractivity contribution in [1.29, 1.82) is 0 Å². The fourth-order valence-electron chi connectivity index (χ4n) is 3.39. The Morgan fingerprint density at radius 3 is 2.86 bits per heavy atom. The fraction of sp³-hybridized carbons (Fsp3) is 0.333. The molecule has 1 unspecified atom stereocenters.